The number of thioether (sulfide) groups is 1. The van der Waals surface area contributed by atoms with Crippen LogP contribution < -0.4 is 10.9 Å². The molecule has 1 N–H and O–H groups in total. The van der Waals surface area contributed by atoms with Crippen LogP contribution in [-0.4, -0.2) is 32.2 Å². The largest absolute Gasteiger partial charge is 0.353 e. The first-order valence-electron chi connectivity index (χ1n) is 10.7. The number of thiophene rings is 1. The van der Waals surface area contributed by atoms with Gasteiger partial charge in [-0.25, -0.2) is 9.97 Å². The van der Waals surface area contributed by atoms with Crippen molar-refractivity contribution in [2.45, 2.75) is 50.9 Å². The van der Waals surface area contributed by atoms with Crippen molar-refractivity contribution in [3.8, 4) is 0 Å². The van der Waals surface area contributed by atoms with Gasteiger partial charge < -0.3 is 5.32 Å². The SMILES string of the molecule is CC[C@H](C)NC(=O)CSc1nc2c(sc3ncccc32)c(=O)n1C[C@H](C)c1ccccc1. The minimum atomic E-state index is -0.0781. The van der Waals surface area contributed by atoms with Crippen LogP contribution in [0.15, 0.2) is 58.6 Å². The summed E-state index contributed by atoms with van der Waals surface area (Å²) in [5, 5.41) is 4.42. The van der Waals surface area contributed by atoms with Crippen molar-refractivity contribution in [1.82, 2.24) is 19.9 Å². The number of benzene rings is 1. The van der Waals surface area contributed by atoms with Gasteiger partial charge in [0.2, 0.25) is 5.91 Å². The molecule has 0 radical (unpaired) electrons. The molecule has 3 heterocycles. The second-order valence-electron chi connectivity index (χ2n) is 7.92. The second-order valence-corrected chi connectivity index (χ2v) is 9.86. The van der Waals surface area contributed by atoms with E-state index < -0.39 is 0 Å². The number of hydrogen-bond donors (Lipinski definition) is 1. The number of nitrogens with one attached hydrogen (secondary N) is 1. The van der Waals surface area contributed by atoms with E-state index in [1.54, 1.807) is 10.8 Å². The molecule has 0 saturated carbocycles. The molecule has 3 aromatic heterocycles. The minimum Gasteiger partial charge on any atom is -0.353 e. The lowest BCUT2D eigenvalue weighted by Crippen LogP contribution is -2.33. The molecular weight excluding hydrogens is 440 g/mol. The van der Waals surface area contributed by atoms with E-state index in [2.05, 4.69) is 29.4 Å². The van der Waals surface area contributed by atoms with E-state index in [4.69, 9.17) is 4.98 Å². The summed E-state index contributed by atoms with van der Waals surface area (Å²) in [6, 6.07) is 14.0. The smallest absolute Gasteiger partial charge is 0.272 e. The highest BCUT2D eigenvalue weighted by atomic mass is 32.2. The summed E-state index contributed by atoms with van der Waals surface area (Å²) in [6.45, 7) is 6.60. The highest BCUT2D eigenvalue weighted by molar-refractivity contribution is 7.99. The maximum atomic E-state index is 13.5. The van der Waals surface area contributed by atoms with Crippen molar-refractivity contribution >= 4 is 49.4 Å². The van der Waals surface area contributed by atoms with Crippen molar-refractivity contribution in [2.24, 2.45) is 0 Å². The fourth-order valence-electron chi connectivity index (χ4n) is 3.52. The van der Waals surface area contributed by atoms with Gasteiger partial charge in [-0.15, -0.1) is 11.3 Å². The summed E-state index contributed by atoms with van der Waals surface area (Å²) < 4.78 is 2.32. The molecule has 0 fully saturated rings. The number of aromatic nitrogens is 3. The molecule has 1 aromatic carbocycles. The van der Waals surface area contributed by atoms with E-state index in [0.29, 0.717) is 21.9 Å². The maximum absolute atomic E-state index is 13.5. The van der Waals surface area contributed by atoms with E-state index >= 15 is 0 Å². The van der Waals surface area contributed by atoms with Gasteiger partial charge in [0.15, 0.2) is 5.16 Å². The van der Waals surface area contributed by atoms with E-state index in [-0.39, 0.29) is 29.2 Å². The highest BCUT2D eigenvalue weighted by Gasteiger charge is 2.20. The van der Waals surface area contributed by atoms with E-state index in [1.807, 2.05) is 44.2 Å². The molecule has 4 aromatic rings. The maximum Gasteiger partial charge on any atom is 0.272 e. The summed E-state index contributed by atoms with van der Waals surface area (Å²) in [7, 11) is 0. The second kappa shape index (κ2) is 9.83. The fraction of sp³-hybridized carbons (Fsp3) is 0.333. The molecule has 166 valence electrons. The van der Waals surface area contributed by atoms with Crippen LogP contribution in [-0.2, 0) is 11.3 Å². The number of carbonyl (C=O) groups excluding carboxylic acids is 1. The zero-order valence-electron chi connectivity index (χ0n) is 18.4. The first-order valence-corrected chi connectivity index (χ1v) is 12.5. The molecule has 0 unspecified atom stereocenters. The molecule has 0 spiro atoms. The van der Waals surface area contributed by atoms with E-state index in [0.717, 1.165) is 22.2 Å². The van der Waals surface area contributed by atoms with Gasteiger partial charge in [0.1, 0.15) is 9.53 Å². The molecule has 0 bridgehead atoms. The van der Waals surface area contributed by atoms with Crippen LogP contribution in [0.1, 0.15) is 38.7 Å². The van der Waals surface area contributed by atoms with Gasteiger partial charge in [0, 0.05) is 24.2 Å². The van der Waals surface area contributed by atoms with Crippen molar-refractivity contribution in [1.29, 1.82) is 0 Å². The van der Waals surface area contributed by atoms with Gasteiger partial charge >= 0.3 is 0 Å². The third-order valence-corrected chi connectivity index (χ3v) is 7.56. The Bertz CT molecular complexity index is 1300. The lowest BCUT2D eigenvalue weighted by Gasteiger charge is -2.17. The quantitative estimate of drug-likeness (QED) is 0.298. The monoisotopic (exact) mass is 466 g/mol. The predicted octanol–water partition coefficient (Wildman–Crippen LogP) is 4.82. The first kappa shape index (κ1) is 22.5. The molecule has 4 rings (SSSR count). The van der Waals surface area contributed by atoms with Crippen molar-refractivity contribution in [2.75, 3.05) is 5.75 Å². The summed E-state index contributed by atoms with van der Waals surface area (Å²) >= 11 is 2.68. The fourth-order valence-corrected chi connectivity index (χ4v) is 5.37. The Kier molecular flexibility index (Phi) is 6.91. The number of pyridine rings is 1. The van der Waals surface area contributed by atoms with Crippen LogP contribution in [0.2, 0.25) is 0 Å². The molecule has 1 amide bonds. The molecule has 6 nitrogen and oxygen atoms in total. The summed E-state index contributed by atoms with van der Waals surface area (Å²) in [4.78, 5) is 36.0. The minimum absolute atomic E-state index is 0.0572. The normalized spacial score (nSPS) is 13.3. The molecule has 32 heavy (non-hydrogen) atoms. The average Bonchev–Trinajstić information content (AvgIpc) is 3.19. The highest BCUT2D eigenvalue weighted by Crippen LogP contribution is 2.31. The van der Waals surface area contributed by atoms with Crippen molar-refractivity contribution in [3.05, 3.63) is 64.6 Å². The zero-order valence-corrected chi connectivity index (χ0v) is 20.0. The van der Waals surface area contributed by atoms with Crippen LogP contribution >= 0.6 is 23.1 Å². The Morgan fingerprint density at radius 1 is 1.19 bits per heavy atom. The predicted molar refractivity (Wildman–Crippen MR) is 133 cm³/mol. The summed E-state index contributed by atoms with van der Waals surface area (Å²) in [6.07, 6.45) is 2.59. The number of hydrogen-bond acceptors (Lipinski definition) is 6. The zero-order chi connectivity index (χ0) is 22.7. The van der Waals surface area contributed by atoms with Crippen LogP contribution in [0.5, 0.6) is 0 Å². The first-order chi connectivity index (χ1) is 15.5. The van der Waals surface area contributed by atoms with Gasteiger partial charge in [-0.2, -0.15) is 0 Å². The molecule has 0 saturated heterocycles. The van der Waals surface area contributed by atoms with Crippen LogP contribution in [0.4, 0.5) is 0 Å². The van der Waals surface area contributed by atoms with Crippen molar-refractivity contribution < 1.29 is 4.79 Å². The van der Waals surface area contributed by atoms with Gasteiger partial charge in [-0.05, 0) is 37.0 Å². The standard InChI is InChI=1S/C24H26N4O2S2/c1-4-16(3)26-19(29)14-31-24-27-20-18-11-8-12-25-22(18)32-21(20)23(30)28(24)13-15(2)17-9-6-5-7-10-17/h5-12,15-16H,4,13-14H2,1-3H3,(H,26,29)/t15-,16-/m0/s1. The lowest BCUT2D eigenvalue weighted by molar-refractivity contribution is -0.119. The van der Waals surface area contributed by atoms with Gasteiger partial charge in [-0.3, -0.25) is 14.2 Å². The van der Waals surface area contributed by atoms with Gasteiger partial charge in [0.05, 0.1) is 11.3 Å². The molecule has 0 aliphatic carbocycles. The Hall–Kier alpha value is -2.71. The Morgan fingerprint density at radius 3 is 2.72 bits per heavy atom. The third kappa shape index (κ3) is 4.71. The van der Waals surface area contributed by atoms with Crippen LogP contribution in [0, 0.1) is 0 Å². The number of carbonyl (C=O) groups is 1. The number of nitrogens with zero attached hydrogens (tertiary/aromatic N) is 3. The molecule has 2 atom stereocenters. The van der Waals surface area contributed by atoms with Gasteiger partial charge in [-0.1, -0.05) is 55.9 Å². The van der Waals surface area contributed by atoms with Gasteiger partial charge in [0.25, 0.3) is 5.56 Å². The Labute approximate surface area is 195 Å². The van der Waals surface area contributed by atoms with E-state index in [9.17, 15) is 9.59 Å². The Balaban J connectivity index is 1.74. The topological polar surface area (TPSA) is 76.9 Å². The number of rotatable bonds is 8. The lowest BCUT2D eigenvalue weighted by atomic mass is 10.0. The van der Waals surface area contributed by atoms with Crippen LogP contribution in [0.3, 0.4) is 0 Å². The Morgan fingerprint density at radius 2 is 1.97 bits per heavy atom. The third-order valence-electron chi connectivity index (χ3n) is 5.50. The number of fused-ring (bicyclic) bond motifs is 3. The molecule has 8 heteroatoms. The van der Waals surface area contributed by atoms with Crippen molar-refractivity contribution in [3.63, 3.8) is 0 Å². The average molecular weight is 467 g/mol. The van der Waals surface area contributed by atoms with Crippen LogP contribution in [0.25, 0.3) is 20.4 Å². The van der Waals surface area contributed by atoms with E-state index in [1.165, 1.54) is 23.1 Å². The number of amides is 1. The molecule has 0 aliphatic rings. The summed E-state index contributed by atoms with van der Waals surface area (Å²) in [5.74, 6) is 0.273. The molecule has 0 aliphatic heterocycles. The molecular formula is C24H26N4O2S2. The summed E-state index contributed by atoms with van der Waals surface area (Å²) in [5.41, 5.74) is 1.74.